The highest BCUT2D eigenvalue weighted by Gasteiger charge is 2.30. The maximum Gasteiger partial charge on any atom is 0.416 e. The van der Waals surface area contributed by atoms with Crippen LogP contribution < -0.4 is 10.6 Å². The second-order valence-electron chi connectivity index (χ2n) is 5.06. The van der Waals surface area contributed by atoms with Crippen molar-refractivity contribution < 1.29 is 27.2 Å². The van der Waals surface area contributed by atoms with Crippen LogP contribution in [0.3, 0.4) is 0 Å². The minimum atomic E-state index is -4.41. The van der Waals surface area contributed by atoms with Crippen LogP contribution in [0.2, 0.25) is 0 Å². The second-order valence-corrected chi connectivity index (χ2v) is 5.06. The molecule has 0 aliphatic rings. The molecule has 1 atom stereocenters. The van der Waals surface area contributed by atoms with E-state index in [1.807, 2.05) is 0 Å². The lowest BCUT2D eigenvalue weighted by Crippen LogP contribution is -2.39. The van der Waals surface area contributed by atoms with Crippen LogP contribution in [-0.2, 0) is 22.3 Å². The number of halogens is 3. The van der Waals surface area contributed by atoms with Gasteiger partial charge in [-0.15, -0.1) is 0 Å². The largest absolute Gasteiger partial charge is 0.467 e. The molecular weight excluding hydrogens is 325 g/mol. The van der Waals surface area contributed by atoms with Crippen molar-refractivity contribution in [3.63, 3.8) is 0 Å². The van der Waals surface area contributed by atoms with Gasteiger partial charge in [0.15, 0.2) is 6.04 Å². The van der Waals surface area contributed by atoms with Crippen LogP contribution in [0.4, 0.5) is 13.2 Å². The molecule has 0 spiro atoms. The molecule has 0 aliphatic heterocycles. The van der Waals surface area contributed by atoms with Crippen LogP contribution in [0.5, 0.6) is 0 Å². The molecule has 1 aromatic heterocycles. The van der Waals surface area contributed by atoms with Gasteiger partial charge in [0, 0.05) is 13.5 Å². The van der Waals surface area contributed by atoms with Crippen LogP contribution in [0.25, 0.3) is 0 Å². The Morgan fingerprint density at radius 2 is 1.83 bits per heavy atom. The van der Waals surface area contributed by atoms with Gasteiger partial charge in [0.1, 0.15) is 5.76 Å². The third kappa shape index (κ3) is 4.61. The van der Waals surface area contributed by atoms with Crippen molar-refractivity contribution in [1.29, 1.82) is 0 Å². The normalized spacial score (nSPS) is 12.5. The van der Waals surface area contributed by atoms with Crippen LogP contribution in [0, 0.1) is 0 Å². The van der Waals surface area contributed by atoms with Crippen LogP contribution in [0.1, 0.15) is 29.9 Å². The molecule has 0 bridgehead atoms. The summed E-state index contributed by atoms with van der Waals surface area (Å²) in [6, 6.07) is 6.56. The van der Waals surface area contributed by atoms with E-state index in [9.17, 15) is 22.8 Å². The van der Waals surface area contributed by atoms with E-state index >= 15 is 0 Å². The van der Waals surface area contributed by atoms with Gasteiger partial charge in [-0.3, -0.25) is 9.59 Å². The monoisotopic (exact) mass is 340 g/mol. The number of hydrogen-bond acceptors (Lipinski definition) is 3. The topological polar surface area (TPSA) is 71.3 Å². The number of carbonyl (C=O) groups excluding carboxylic acids is 2. The Bertz CT molecular complexity index is 694. The third-order valence-electron chi connectivity index (χ3n) is 3.19. The van der Waals surface area contributed by atoms with Gasteiger partial charge in [0.25, 0.3) is 5.91 Å². The Morgan fingerprint density at radius 1 is 1.17 bits per heavy atom. The Balaban J connectivity index is 2.01. The zero-order valence-electron chi connectivity index (χ0n) is 12.7. The van der Waals surface area contributed by atoms with Gasteiger partial charge in [-0.1, -0.05) is 12.1 Å². The number of carbonyl (C=O) groups is 2. The fourth-order valence-corrected chi connectivity index (χ4v) is 2.03. The molecule has 0 radical (unpaired) electrons. The van der Waals surface area contributed by atoms with E-state index in [2.05, 4.69) is 10.6 Å². The number of nitrogens with one attached hydrogen (secondary N) is 2. The van der Waals surface area contributed by atoms with Gasteiger partial charge in [-0.05, 0) is 29.8 Å². The fourth-order valence-electron chi connectivity index (χ4n) is 2.03. The predicted octanol–water partition coefficient (Wildman–Crippen LogP) is 2.79. The summed E-state index contributed by atoms with van der Waals surface area (Å²) in [5, 5.41) is 5.01. The summed E-state index contributed by atoms with van der Waals surface area (Å²) in [7, 11) is 0. The van der Waals surface area contributed by atoms with Crippen molar-refractivity contribution in [3.8, 4) is 0 Å². The van der Waals surface area contributed by atoms with Gasteiger partial charge in [-0.25, -0.2) is 0 Å². The van der Waals surface area contributed by atoms with Gasteiger partial charge in [-0.2, -0.15) is 13.2 Å². The zero-order chi connectivity index (χ0) is 17.7. The first-order valence-electron chi connectivity index (χ1n) is 7.01. The van der Waals surface area contributed by atoms with E-state index in [1.165, 1.54) is 31.4 Å². The summed E-state index contributed by atoms with van der Waals surface area (Å²) in [5.41, 5.74) is -0.262. The van der Waals surface area contributed by atoms with Crippen molar-refractivity contribution >= 4 is 11.8 Å². The first-order valence-corrected chi connectivity index (χ1v) is 7.01. The van der Waals surface area contributed by atoms with E-state index < -0.39 is 29.6 Å². The summed E-state index contributed by atoms with van der Waals surface area (Å²) >= 11 is 0. The maximum atomic E-state index is 12.5. The van der Waals surface area contributed by atoms with Gasteiger partial charge < -0.3 is 15.1 Å². The molecule has 1 unspecified atom stereocenters. The fraction of sp³-hybridized carbons (Fsp3) is 0.250. The van der Waals surface area contributed by atoms with E-state index in [1.54, 1.807) is 6.07 Å². The van der Waals surface area contributed by atoms with Crippen molar-refractivity contribution in [2.45, 2.75) is 25.7 Å². The van der Waals surface area contributed by atoms with Crippen LogP contribution in [-0.4, -0.2) is 11.8 Å². The molecule has 0 saturated carbocycles. The quantitative estimate of drug-likeness (QED) is 0.879. The lowest BCUT2D eigenvalue weighted by Gasteiger charge is -2.15. The molecular formula is C16H15F3N2O3. The van der Waals surface area contributed by atoms with E-state index in [-0.39, 0.29) is 12.3 Å². The lowest BCUT2D eigenvalue weighted by atomic mass is 10.1. The molecule has 5 nitrogen and oxygen atoms in total. The highest BCUT2D eigenvalue weighted by Crippen LogP contribution is 2.29. The van der Waals surface area contributed by atoms with Crippen molar-refractivity contribution in [2.75, 3.05) is 0 Å². The molecule has 0 fully saturated rings. The molecule has 24 heavy (non-hydrogen) atoms. The summed E-state index contributed by atoms with van der Waals surface area (Å²) in [6.45, 7) is 1.28. The second kappa shape index (κ2) is 7.20. The molecule has 1 heterocycles. The average molecular weight is 340 g/mol. The summed E-state index contributed by atoms with van der Waals surface area (Å²) < 4.78 is 42.6. The average Bonchev–Trinajstić information content (AvgIpc) is 3.03. The van der Waals surface area contributed by atoms with Crippen molar-refractivity contribution in [1.82, 2.24) is 10.6 Å². The Morgan fingerprint density at radius 3 is 2.33 bits per heavy atom. The SMILES string of the molecule is CC(=O)NC(C(=O)NCc1ccc(C(F)(F)F)cc1)c1ccco1. The number of rotatable bonds is 5. The number of hydrogen-bond donors (Lipinski definition) is 2. The molecule has 2 aromatic rings. The first-order chi connectivity index (χ1) is 11.3. The minimum absolute atomic E-state index is 0.0216. The van der Waals surface area contributed by atoms with Crippen LogP contribution in [0.15, 0.2) is 47.1 Å². The number of alkyl halides is 3. The zero-order valence-corrected chi connectivity index (χ0v) is 12.7. The first kappa shape index (κ1) is 17.6. The molecule has 2 amide bonds. The lowest BCUT2D eigenvalue weighted by molar-refractivity contribution is -0.137. The van der Waals surface area contributed by atoms with Gasteiger partial charge in [0.2, 0.25) is 5.91 Å². The Labute approximate surface area is 135 Å². The summed E-state index contributed by atoms with van der Waals surface area (Å²) in [5.74, 6) is -0.684. The van der Waals surface area contributed by atoms with E-state index in [0.29, 0.717) is 5.56 Å². The molecule has 2 N–H and O–H groups in total. The van der Waals surface area contributed by atoms with Gasteiger partial charge in [0.05, 0.1) is 11.8 Å². The summed E-state index contributed by atoms with van der Waals surface area (Å²) in [4.78, 5) is 23.4. The van der Waals surface area contributed by atoms with E-state index in [0.717, 1.165) is 12.1 Å². The summed E-state index contributed by atoms with van der Waals surface area (Å²) in [6.07, 6.45) is -3.04. The van der Waals surface area contributed by atoms with Crippen LogP contribution >= 0.6 is 0 Å². The van der Waals surface area contributed by atoms with Crippen molar-refractivity contribution in [3.05, 3.63) is 59.5 Å². The molecule has 2 rings (SSSR count). The molecule has 0 saturated heterocycles. The van der Waals surface area contributed by atoms with Crippen molar-refractivity contribution in [2.24, 2.45) is 0 Å². The molecule has 0 aliphatic carbocycles. The molecule has 1 aromatic carbocycles. The number of amides is 2. The predicted molar refractivity (Wildman–Crippen MR) is 78.6 cm³/mol. The minimum Gasteiger partial charge on any atom is -0.467 e. The number of furan rings is 1. The van der Waals surface area contributed by atoms with E-state index in [4.69, 9.17) is 4.42 Å². The highest BCUT2D eigenvalue weighted by atomic mass is 19.4. The third-order valence-corrected chi connectivity index (χ3v) is 3.19. The number of benzene rings is 1. The maximum absolute atomic E-state index is 12.5. The molecule has 128 valence electrons. The standard InChI is InChI=1S/C16H15F3N2O3/c1-10(22)21-14(13-3-2-8-24-13)15(23)20-9-11-4-6-12(7-5-11)16(17,18)19/h2-8,14H,9H2,1H3,(H,20,23)(H,21,22). The van der Waals surface area contributed by atoms with Gasteiger partial charge >= 0.3 is 6.18 Å². The molecule has 8 heteroatoms. The Kier molecular flexibility index (Phi) is 5.28. The Hall–Kier alpha value is -2.77. The smallest absolute Gasteiger partial charge is 0.416 e. The highest BCUT2D eigenvalue weighted by molar-refractivity contribution is 5.87.